The Morgan fingerprint density at radius 2 is 1.54 bits per heavy atom. The molecule has 0 bridgehead atoms. The first-order valence-corrected chi connectivity index (χ1v) is 9.50. The summed E-state index contributed by atoms with van der Waals surface area (Å²) in [5, 5.41) is 3.59. The summed E-state index contributed by atoms with van der Waals surface area (Å²) in [4.78, 5) is 26.6. The van der Waals surface area contributed by atoms with Crippen LogP contribution < -0.4 is 10.2 Å². The highest BCUT2D eigenvalue weighted by molar-refractivity contribution is 6.30. The Labute approximate surface area is 168 Å². The Hall–Kier alpha value is -3.11. The second kappa shape index (κ2) is 7.87. The molecule has 2 amide bonds. The number of nitrogens with zero attached hydrogens (tertiary/aromatic N) is 1. The molecule has 1 atom stereocenters. The fourth-order valence-electron chi connectivity index (χ4n) is 3.39. The SMILES string of the molecule is O=C(N[C@@H]1CC(=O)N(c2ccc(Cl)cc2)C1)c1ccc(-c2ccccc2)cc1. The Morgan fingerprint density at radius 3 is 2.21 bits per heavy atom. The summed E-state index contributed by atoms with van der Waals surface area (Å²) in [5.41, 5.74) is 3.53. The molecule has 5 heteroatoms. The number of nitrogens with one attached hydrogen (secondary N) is 1. The minimum absolute atomic E-state index is 0.00736. The Morgan fingerprint density at radius 1 is 0.893 bits per heavy atom. The average molecular weight is 391 g/mol. The molecule has 1 aliphatic rings. The van der Waals surface area contributed by atoms with E-state index in [1.807, 2.05) is 66.7 Å². The fraction of sp³-hybridized carbons (Fsp3) is 0.130. The summed E-state index contributed by atoms with van der Waals surface area (Å²) >= 11 is 5.91. The van der Waals surface area contributed by atoms with Crippen molar-refractivity contribution in [3.05, 3.63) is 89.4 Å². The van der Waals surface area contributed by atoms with Crippen LogP contribution in [-0.4, -0.2) is 24.4 Å². The molecule has 1 N–H and O–H groups in total. The number of amides is 2. The first kappa shape index (κ1) is 18.3. The molecule has 1 heterocycles. The maximum Gasteiger partial charge on any atom is 0.251 e. The Kier molecular flexibility index (Phi) is 5.13. The van der Waals surface area contributed by atoms with Gasteiger partial charge in [-0.05, 0) is 47.5 Å². The highest BCUT2D eigenvalue weighted by Crippen LogP contribution is 2.24. The first-order valence-electron chi connectivity index (χ1n) is 9.12. The van der Waals surface area contributed by atoms with Gasteiger partial charge in [-0.15, -0.1) is 0 Å². The number of carbonyl (C=O) groups excluding carboxylic acids is 2. The number of halogens is 1. The first-order chi connectivity index (χ1) is 13.6. The van der Waals surface area contributed by atoms with Crippen molar-refractivity contribution < 1.29 is 9.59 Å². The molecule has 0 aromatic heterocycles. The molecule has 1 aliphatic heterocycles. The highest BCUT2D eigenvalue weighted by Gasteiger charge is 2.31. The van der Waals surface area contributed by atoms with Crippen molar-refractivity contribution in [1.82, 2.24) is 5.32 Å². The molecule has 140 valence electrons. The van der Waals surface area contributed by atoms with Crippen LogP contribution in [0.15, 0.2) is 78.9 Å². The van der Waals surface area contributed by atoms with Crippen LogP contribution >= 0.6 is 11.6 Å². The zero-order valence-electron chi connectivity index (χ0n) is 15.1. The van der Waals surface area contributed by atoms with Gasteiger partial charge in [-0.25, -0.2) is 0 Å². The van der Waals surface area contributed by atoms with Crippen LogP contribution in [0, 0.1) is 0 Å². The molecular formula is C23H19ClN2O2. The van der Waals surface area contributed by atoms with E-state index in [9.17, 15) is 9.59 Å². The van der Waals surface area contributed by atoms with Gasteiger partial charge >= 0.3 is 0 Å². The number of carbonyl (C=O) groups is 2. The zero-order chi connectivity index (χ0) is 19.5. The second-order valence-electron chi connectivity index (χ2n) is 6.80. The number of anilines is 1. The maximum absolute atomic E-state index is 12.6. The number of rotatable bonds is 4. The predicted octanol–water partition coefficient (Wildman–Crippen LogP) is 4.54. The quantitative estimate of drug-likeness (QED) is 0.710. The van der Waals surface area contributed by atoms with Crippen LogP contribution in [0.5, 0.6) is 0 Å². The third-order valence-corrected chi connectivity index (χ3v) is 5.10. The van der Waals surface area contributed by atoms with Crippen LogP contribution in [0.25, 0.3) is 11.1 Å². The van der Waals surface area contributed by atoms with E-state index >= 15 is 0 Å². The van der Waals surface area contributed by atoms with Crippen LogP contribution in [0.1, 0.15) is 16.8 Å². The Balaban J connectivity index is 1.41. The van der Waals surface area contributed by atoms with Gasteiger partial charge in [0.15, 0.2) is 0 Å². The number of benzene rings is 3. The summed E-state index contributed by atoms with van der Waals surface area (Å²) in [7, 11) is 0. The molecule has 28 heavy (non-hydrogen) atoms. The van der Waals surface area contributed by atoms with Gasteiger partial charge in [0.25, 0.3) is 5.91 Å². The molecule has 0 saturated carbocycles. The van der Waals surface area contributed by atoms with Crippen molar-refractivity contribution in [1.29, 1.82) is 0 Å². The minimum atomic E-state index is -0.218. The highest BCUT2D eigenvalue weighted by atomic mass is 35.5. The van der Waals surface area contributed by atoms with E-state index in [1.165, 1.54) is 0 Å². The minimum Gasteiger partial charge on any atom is -0.347 e. The van der Waals surface area contributed by atoms with E-state index in [0.717, 1.165) is 16.8 Å². The van der Waals surface area contributed by atoms with Crippen LogP contribution in [0.3, 0.4) is 0 Å². The molecule has 0 radical (unpaired) electrons. The normalized spacial score (nSPS) is 16.2. The van der Waals surface area contributed by atoms with Gasteiger partial charge in [-0.1, -0.05) is 54.1 Å². The van der Waals surface area contributed by atoms with Gasteiger partial charge in [-0.2, -0.15) is 0 Å². The molecule has 0 aliphatic carbocycles. The lowest BCUT2D eigenvalue weighted by Gasteiger charge is -2.17. The van der Waals surface area contributed by atoms with Crippen molar-refractivity contribution in [2.75, 3.05) is 11.4 Å². The Bertz CT molecular complexity index is 985. The standard InChI is InChI=1S/C23H19ClN2O2/c24-19-10-12-21(13-11-19)26-15-20(14-22(26)27)25-23(28)18-8-6-17(7-9-18)16-4-2-1-3-5-16/h1-13,20H,14-15H2,(H,25,28)/t20-/m1/s1. The molecule has 4 nitrogen and oxygen atoms in total. The summed E-state index contributed by atoms with van der Waals surface area (Å²) in [5.74, 6) is -0.178. The monoisotopic (exact) mass is 390 g/mol. The van der Waals surface area contributed by atoms with Gasteiger partial charge < -0.3 is 10.2 Å². The topological polar surface area (TPSA) is 49.4 Å². The lowest BCUT2D eigenvalue weighted by atomic mass is 10.0. The molecular weight excluding hydrogens is 372 g/mol. The van der Waals surface area contributed by atoms with E-state index in [1.54, 1.807) is 17.0 Å². The number of hydrogen-bond acceptors (Lipinski definition) is 2. The van der Waals surface area contributed by atoms with Crippen molar-refractivity contribution in [2.45, 2.75) is 12.5 Å². The van der Waals surface area contributed by atoms with E-state index in [4.69, 9.17) is 11.6 Å². The molecule has 0 unspecified atom stereocenters. The lowest BCUT2D eigenvalue weighted by Crippen LogP contribution is -2.37. The van der Waals surface area contributed by atoms with Crippen LogP contribution in [0.4, 0.5) is 5.69 Å². The molecule has 1 fully saturated rings. The number of hydrogen-bond donors (Lipinski definition) is 1. The second-order valence-corrected chi connectivity index (χ2v) is 7.24. The summed E-state index contributed by atoms with van der Waals surface area (Å²) < 4.78 is 0. The smallest absolute Gasteiger partial charge is 0.251 e. The third kappa shape index (κ3) is 3.92. The summed E-state index contributed by atoms with van der Waals surface area (Å²) in [6.07, 6.45) is 0.288. The van der Waals surface area contributed by atoms with Crippen molar-refractivity contribution in [2.24, 2.45) is 0 Å². The molecule has 4 rings (SSSR count). The van der Waals surface area contributed by atoms with Crippen molar-refractivity contribution in [3.8, 4) is 11.1 Å². The summed E-state index contributed by atoms with van der Waals surface area (Å²) in [6, 6.07) is 24.4. The third-order valence-electron chi connectivity index (χ3n) is 4.85. The zero-order valence-corrected chi connectivity index (χ0v) is 15.9. The average Bonchev–Trinajstić information content (AvgIpc) is 3.09. The predicted molar refractivity (Wildman–Crippen MR) is 112 cm³/mol. The molecule has 1 saturated heterocycles. The van der Waals surface area contributed by atoms with Gasteiger partial charge in [-0.3, -0.25) is 9.59 Å². The van der Waals surface area contributed by atoms with E-state index in [0.29, 0.717) is 17.1 Å². The van der Waals surface area contributed by atoms with E-state index in [-0.39, 0.29) is 24.3 Å². The van der Waals surface area contributed by atoms with Crippen LogP contribution in [-0.2, 0) is 4.79 Å². The van der Waals surface area contributed by atoms with Gasteiger partial charge in [0.05, 0.1) is 6.04 Å². The lowest BCUT2D eigenvalue weighted by molar-refractivity contribution is -0.117. The molecule has 3 aromatic carbocycles. The fourth-order valence-corrected chi connectivity index (χ4v) is 3.51. The van der Waals surface area contributed by atoms with Gasteiger partial charge in [0, 0.05) is 29.2 Å². The van der Waals surface area contributed by atoms with Gasteiger partial charge in [0.2, 0.25) is 5.91 Å². The van der Waals surface area contributed by atoms with Crippen molar-refractivity contribution >= 4 is 29.1 Å². The molecule has 0 spiro atoms. The molecule has 3 aromatic rings. The largest absolute Gasteiger partial charge is 0.347 e. The van der Waals surface area contributed by atoms with Crippen molar-refractivity contribution in [3.63, 3.8) is 0 Å². The summed E-state index contributed by atoms with van der Waals surface area (Å²) in [6.45, 7) is 0.453. The van der Waals surface area contributed by atoms with Crippen LogP contribution in [0.2, 0.25) is 5.02 Å². The maximum atomic E-state index is 12.6. The van der Waals surface area contributed by atoms with Gasteiger partial charge in [0.1, 0.15) is 0 Å². The van der Waals surface area contributed by atoms with E-state index < -0.39 is 0 Å². The van der Waals surface area contributed by atoms with E-state index in [2.05, 4.69) is 5.32 Å².